The standard InChI is InChI=1S/C28H24F3N3O6S/c1-18-14-20(23-7-3-4-8-24(23)28(29,30)31)15-25(40-27(35)33-36)26(18)34(17-19-6-5-13-32-16-19)41(37,38)22-11-9-21(39-2)10-12-22/h3-16,36H,17H2,1-2H3,(H,33,35). The predicted octanol–water partition coefficient (Wildman–Crippen LogP) is 5.96. The van der Waals surface area contributed by atoms with Crippen molar-refractivity contribution in [1.82, 2.24) is 10.5 Å². The molecule has 41 heavy (non-hydrogen) atoms. The second-order valence-electron chi connectivity index (χ2n) is 8.73. The number of carbonyl (C=O) groups is 1. The lowest BCUT2D eigenvalue weighted by Gasteiger charge is -2.28. The lowest BCUT2D eigenvalue weighted by molar-refractivity contribution is -0.137. The van der Waals surface area contributed by atoms with E-state index in [9.17, 15) is 26.4 Å². The number of methoxy groups -OCH3 is 1. The number of anilines is 1. The molecule has 1 aromatic heterocycles. The summed E-state index contributed by atoms with van der Waals surface area (Å²) in [6.45, 7) is 1.19. The summed E-state index contributed by atoms with van der Waals surface area (Å²) in [5.74, 6) is -0.000216. The van der Waals surface area contributed by atoms with Crippen molar-refractivity contribution >= 4 is 21.8 Å². The highest BCUT2D eigenvalue weighted by atomic mass is 32.2. The van der Waals surface area contributed by atoms with E-state index in [0.29, 0.717) is 11.3 Å². The summed E-state index contributed by atoms with van der Waals surface area (Å²) in [7, 11) is -2.95. The summed E-state index contributed by atoms with van der Waals surface area (Å²) in [4.78, 5) is 16.0. The second kappa shape index (κ2) is 11.9. The number of rotatable bonds is 8. The Bertz CT molecular complexity index is 1650. The quantitative estimate of drug-likeness (QED) is 0.193. The molecule has 1 amide bonds. The van der Waals surface area contributed by atoms with Gasteiger partial charge in [0, 0.05) is 12.4 Å². The van der Waals surface area contributed by atoms with Gasteiger partial charge >= 0.3 is 12.3 Å². The summed E-state index contributed by atoms with van der Waals surface area (Å²) >= 11 is 0. The Morgan fingerprint density at radius 1 is 1.05 bits per heavy atom. The van der Waals surface area contributed by atoms with Gasteiger partial charge in [-0.2, -0.15) is 13.2 Å². The Hall–Kier alpha value is -4.62. The first kappa shape index (κ1) is 29.4. The number of halogens is 3. The number of hydrogen-bond acceptors (Lipinski definition) is 7. The maximum Gasteiger partial charge on any atom is 0.436 e. The van der Waals surface area contributed by atoms with Crippen molar-refractivity contribution in [2.24, 2.45) is 0 Å². The van der Waals surface area contributed by atoms with Gasteiger partial charge in [0.15, 0.2) is 5.75 Å². The fourth-order valence-electron chi connectivity index (χ4n) is 4.22. The van der Waals surface area contributed by atoms with E-state index < -0.39 is 33.6 Å². The maximum absolute atomic E-state index is 14.0. The van der Waals surface area contributed by atoms with Crippen LogP contribution in [0.4, 0.5) is 23.7 Å². The minimum atomic E-state index is -4.70. The van der Waals surface area contributed by atoms with Gasteiger partial charge < -0.3 is 9.47 Å². The van der Waals surface area contributed by atoms with Crippen molar-refractivity contribution in [3.05, 3.63) is 102 Å². The van der Waals surface area contributed by atoms with E-state index in [-0.39, 0.29) is 33.8 Å². The molecule has 2 N–H and O–H groups in total. The summed E-state index contributed by atoms with van der Waals surface area (Å²) < 4.78 is 80.9. The summed E-state index contributed by atoms with van der Waals surface area (Å²) in [6.07, 6.45) is -3.13. The Labute approximate surface area is 233 Å². The molecule has 214 valence electrons. The minimum absolute atomic E-state index is 0.00286. The molecule has 0 saturated carbocycles. The van der Waals surface area contributed by atoms with Gasteiger partial charge in [-0.25, -0.2) is 18.7 Å². The van der Waals surface area contributed by atoms with E-state index in [2.05, 4.69) is 4.98 Å². The molecule has 0 radical (unpaired) electrons. The second-order valence-corrected chi connectivity index (χ2v) is 10.6. The van der Waals surface area contributed by atoms with Gasteiger partial charge in [0.05, 0.1) is 29.8 Å². The number of sulfonamides is 1. The number of pyridine rings is 1. The van der Waals surface area contributed by atoms with Gasteiger partial charge in [-0.05, 0) is 77.7 Å². The molecule has 3 aromatic carbocycles. The molecule has 9 nitrogen and oxygen atoms in total. The molecular formula is C28H24F3N3O6S. The summed E-state index contributed by atoms with van der Waals surface area (Å²) in [5.41, 5.74) is 0.629. The van der Waals surface area contributed by atoms with Crippen molar-refractivity contribution in [2.75, 3.05) is 11.4 Å². The zero-order valence-corrected chi connectivity index (χ0v) is 22.5. The Kier molecular flexibility index (Phi) is 8.49. The van der Waals surface area contributed by atoms with Crippen LogP contribution in [0.1, 0.15) is 16.7 Å². The molecule has 1 heterocycles. The Balaban J connectivity index is 1.97. The monoisotopic (exact) mass is 587 g/mol. The normalized spacial score (nSPS) is 11.6. The Morgan fingerprint density at radius 3 is 2.37 bits per heavy atom. The maximum atomic E-state index is 14.0. The molecule has 0 saturated heterocycles. The fraction of sp³-hybridized carbons (Fsp3) is 0.143. The number of aromatic nitrogens is 1. The average Bonchev–Trinajstić information content (AvgIpc) is 2.96. The van der Waals surface area contributed by atoms with E-state index in [1.165, 1.54) is 80.4 Å². The van der Waals surface area contributed by atoms with Gasteiger partial charge in [0.1, 0.15) is 5.75 Å². The van der Waals surface area contributed by atoms with E-state index in [1.54, 1.807) is 12.1 Å². The number of nitrogens with one attached hydrogen (secondary N) is 1. The Morgan fingerprint density at radius 2 is 1.76 bits per heavy atom. The van der Waals surface area contributed by atoms with E-state index in [0.717, 1.165) is 16.4 Å². The minimum Gasteiger partial charge on any atom is -0.497 e. The molecule has 0 aliphatic rings. The third-order valence-electron chi connectivity index (χ3n) is 6.05. The number of nitrogens with zero attached hydrogens (tertiary/aromatic N) is 2. The van der Waals surface area contributed by atoms with Crippen LogP contribution in [-0.4, -0.2) is 31.8 Å². The number of alkyl halides is 3. The highest BCUT2D eigenvalue weighted by Crippen LogP contribution is 2.43. The van der Waals surface area contributed by atoms with Gasteiger partial charge in [-0.15, -0.1) is 0 Å². The molecule has 0 unspecified atom stereocenters. The molecule has 0 spiro atoms. The zero-order chi connectivity index (χ0) is 29.8. The SMILES string of the molecule is COc1ccc(S(=O)(=O)N(Cc2cccnc2)c2c(C)cc(-c3ccccc3C(F)(F)F)cc2OC(=O)NO)cc1. The smallest absolute Gasteiger partial charge is 0.436 e. The highest BCUT2D eigenvalue weighted by molar-refractivity contribution is 7.92. The predicted molar refractivity (Wildman–Crippen MR) is 143 cm³/mol. The third kappa shape index (κ3) is 6.42. The molecule has 4 rings (SSSR count). The molecule has 4 aromatic rings. The fourth-order valence-corrected chi connectivity index (χ4v) is 5.75. The van der Waals surface area contributed by atoms with E-state index in [4.69, 9.17) is 14.7 Å². The number of ether oxygens (including phenoxy) is 2. The number of benzene rings is 3. The summed E-state index contributed by atoms with van der Waals surface area (Å²) in [6, 6.07) is 16.1. The van der Waals surface area contributed by atoms with Gasteiger partial charge in [0.2, 0.25) is 0 Å². The van der Waals surface area contributed by atoms with Crippen LogP contribution in [0.2, 0.25) is 0 Å². The zero-order valence-electron chi connectivity index (χ0n) is 21.7. The van der Waals surface area contributed by atoms with Crippen LogP contribution in [0, 0.1) is 6.92 Å². The lowest BCUT2D eigenvalue weighted by Crippen LogP contribution is -2.32. The van der Waals surface area contributed by atoms with E-state index >= 15 is 0 Å². The molecule has 0 fully saturated rings. The highest BCUT2D eigenvalue weighted by Gasteiger charge is 2.35. The van der Waals surface area contributed by atoms with Crippen LogP contribution in [-0.2, 0) is 22.7 Å². The number of carbonyl (C=O) groups excluding carboxylic acids is 1. The average molecular weight is 588 g/mol. The first-order valence-corrected chi connectivity index (χ1v) is 13.4. The van der Waals surface area contributed by atoms with Crippen LogP contribution >= 0.6 is 0 Å². The lowest BCUT2D eigenvalue weighted by atomic mass is 9.96. The molecule has 0 bridgehead atoms. The van der Waals surface area contributed by atoms with Crippen LogP contribution in [0.15, 0.2) is 90.1 Å². The largest absolute Gasteiger partial charge is 0.497 e. The molecule has 0 aliphatic carbocycles. The summed E-state index contributed by atoms with van der Waals surface area (Å²) in [5, 5.41) is 9.13. The van der Waals surface area contributed by atoms with Crippen molar-refractivity contribution in [1.29, 1.82) is 0 Å². The third-order valence-corrected chi connectivity index (χ3v) is 7.81. The van der Waals surface area contributed by atoms with Crippen molar-refractivity contribution in [2.45, 2.75) is 24.5 Å². The van der Waals surface area contributed by atoms with Crippen molar-refractivity contribution in [3.8, 4) is 22.6 Å². The first-order chi connectivity index (χ1) is 19.5. The molecule has 0 aliphatic heterocycles. The van der Waals surface area contributed by atoms with Crippen LogP contribution in [0.25, 0.3) is 11.1 Å². The van der Waals surface area contributed by atoms with Gasteiger partial charge in [0.25, 0.3) is 10.0 Å². The van der Waals surface area contributed by atoms with Crippen molar-refractivity contribution < 1.29 is 41.1 Å². The van der Waals surface area contributed by atoms with Crippen molar-refractivity contribution in [3.63, 3.8) is 0 Å². The van der Waals surface area contributed by atoms with E-state index in [1.807, 2.05) is 0 Å². The topological polar surface area (TPSA) is 118 Å². The molecular weight excluding hydrogens is 563 g/mol. The van der Waals surface area contributed by atoms with Crippen LogP contribution in [0.3, 0.4) is 0 Å². The molecule has 13 heteroatoms. The van der Waals surface area contributed by atoms with Gasteiger partial charge in [-0.1, -0.05) is 24.3 Å². The first-order valence-electron chi connectivity index (χ1n) is 11.9. The van der Waals surface area contributed by atoms with Gasteiger partial charge in [-0.3, -0.25) is 14.5 Å². The number of hydrogen-bond donors (Lipinski definition) is 2. The number of aryl methyl sites for hydroxylation is 1. The number of amides is 1. The van der Waals surface area contributed by atoms with Crippen LogP contribution < -0.4 is 19.3 Å². The molecule has 0 atom stereocenters. The number of hydroxylamine groups is 1. The van der Waals surface area contributed by atoms with Crippen LogP contribution in [0.5, 0.6) is 11.5 Å².